The van der Waals surface area contributed by atoms with Crippen LogP contribution < -0.4 is 16.2 Å². The van der Waals surface area contributed by atoms with Gasteiger partial charge in [0.25, 0.3) is 5.56 Å². The fraction of sp³-hybridized carbons (Fsp3) is 0.417. The SMILES string of the molecule is O=C(CCCn1c(SCC(=O)NCc2ccco2)nc2ccccc2c1=O)NC[C@@H]1CCCO1. The van der Waals surface area contributed by atoms with E-state index < -0.39 is 0 Å². The molecule has 4 rings (SSSR count). The molecule has 1 saturated heterocycles. The molecule has 0 radical (unpaired) electrons. The molecule has 0 bridgehead atoms. The van der Waals surface area contributed by atoms with E-state index >= 15 is 0 Å². The number of rotatable bonds is 11. The Morgan fingerprint density at radius 2 is 2.03 bits per heavy atom. The summed E-state index contributed by atoms with van der Waals surface area (Å²) in [6.45, 7) is 1.90. The van der Waals surface area contributed by atoms with Crippen molar-refractivity contribution < 1.29 is 18.7 Å². The molecule has 9 nitrogen and oxygen atoms in total. The molecule has 0 saturated carbocycles. The van der Waals surface area contributed by atoms with E-state index in [9.17, 15) is 14.4 Å². The minimum atomic E-state index is -0.191. The largest absolute Gasteiger partial charge is 0.467 e. The highest BCUT2D eigenvalue weighted by Gasteiger charge is 2.17. The van der Waals surface area contributed by atoms with Crippen LogP contribution in [0, 0.1) is 0 Å². The van der Waals surface area contributed by atoms with Gasteiger partial charge in [0.05, 0.1) is 35.6 Å². The number of fused-ring (bicyclic) bond motifs is 1. The van der Waals surface area contributed by atoms with E-state index in [0.717, 1.165) is 19.4 Å². The molecule has 0 spiro atoms. The summed E-state index contributed by atoms with van der Waals surface area (Å²) in [7, 11) is 0. The van der Waals surface area contributed by atoms with Crippen LogP contribution in [0.15, 0.2) is 57.0 Å². The van der Waals surface area contributed by atoms with Gasteiger partial charge in [-0.2, -0.15) is 0 Å². The van der Waals surface area contributed by atoms with Crippen molar-refractivity contribution >= 4 is 34.5 Å². The standard InChI is InChI=1S/C24H28N4O5S/c29-21(25-14-17-6-4-12-32-17)10-3-11-28-23(31)19-8-1-2-9-20(19)27-24(28)34-16-22(30)26-15-18-7-5-13-33-18/h1-2,5,7-9,13,17H,3-4,6,10-12,14-16H2,(H,25,29)(H,26,30)/t17-/m0/s1. The molecule has 1 fully saturated rings. The molecule has 3 aromatic rings. The number of hydrogen-bond acceptors (Lipinski definition) is 7. The van der Waals surface area contributed by atoms with Crippen LogP contribution >= 0.6 is 11.8 Å². The van der Waals surface area contributed by atoms with Crippen LogP contribution in [-0.4, -0.2) is 46.4 Å². The molecular weight excluding hydrogens is 456 g/mol. The normalized spacial score (nSPS) is 15.5. The van der Waals surface area contributed by atoms with Crippen molar-refractivity contribution in [3.63, 3.8) is 0 Å². The quantitative estimate of drug-likeness (QED) is 0.317. The van der Waals surface area contributed by atoms with Crippen molar-refractivity contribution in [1.29, 1.82) is 0 Å². The lowest BCUT2D eigenvalue weighted by Crippen LogP contribution is -2.32. The van der Waals surface area contributed by atoms with Crippen LogP contribution in [0.1, 0.15) is 31.4 Å². The highest BCUT2D eigenvalue weighted by atomic mass is 32.2. The first-order valence-electron chi connectivity index (χ1n) is 11.4. The Kier molecular flexibility index (Phi) is 8.37. The van der Waals surface area contributed by atoms with E-state index in [1.165, 1.54) is 11.8 Å². The highest BCUT2D eigenvalue weighted by Crippen LogP contribution is 2.18. The number of nitrogens with one attached hydrogen (secondary N) is 2. The molecule has 1 aromatic carbocycles. The molecule has 34 heavy (non-hydrogen) atoms. The Balaban J connectivity index is 1.37. The molecule has 10 heteroatoms. The number of para-hydroxylation sites is 1. The number of ether oxygens (including phenoxy) is 1. The van der Waals surface area contributed by atoms with E-state index in [4.69, 9.17) is 9.15 Å². The second-order valence-corrected chi connectivity index (χ2v) is 9.00. The van der Waals surface area contributed by atoms with Gasteiger partial charge in [0.2, 0.25) is 11.8 Å². The summed E-state index contributed by atoms with van der Waals surface area (Å²) in [5.74, 6) is 0.511. The van der Waals surface area contributed by atoms with Gasteiger partial charge in [0, 0.05) is 26.1 Å². The van der Waals surface area contributed by atoms with Gasteiger partial charge in [-0.15, -0.1) is 0 Å². The number of carbonyl (C=O) groups excluding carboxylic acids is 2. The van der Waals surface area contributed by atoms with Gasteiger partial charge in [-0.1, -0.05) is 23.9 Å². The van der Waals surface area contributed by atoms with Crippen molar-refractivity contribution in [3.8, 4) is 0 Å². The number of benzene rings is 1. The van der Waals surface area contributed by atoms with E-state index in [2.05, 4.69) is 15.6 Å². The third kappa shape index (κ3) is 6.48. The molecule has 0 unspecified atom stereocenters. The van der Waals surface area contributed by atoms with Gasteiger partial charge >= 0.3 is 0 Å². The Hall–Kier alpha value is -3.11. The zero-order valence-electron chi connectivity index (χ0n) is 18.8. The fourth-order valence-electron chi connectivity index (χ4n) is 3.75. The fourth-order valence-corrected chi connectivity index (χ4v) is 4.61. The molecular formula is C24H28N4O5S. The Morgan fingerprint density at radius 1 is 1.15 bits per heavy atom. The molecule has 2 amide bonds. The number of nitrogens with zero attached hydrogens (tertiary/aromatic N) is 2. The van der Waals surface area contributed by atoms with Crippen LogP contribution in [0.25, 0.3) is 10.9 Å². The lowest BCUT2D eigenvalue weighted by molar-refractivity contribution is -0.121. The van der Waals surface area contributed by atoms with Gasteiger partial charge in [-0.3, -0.25) is 19.0 Å². The zero-order valence-corrected chi connectivity index (χ0v) is 19.6. The van der Waals surface area contributed by atoms with Crippen LogP contribution in [-0.2, 0) is 27.4 Å². The highest BCUT2D eigenvalue weighted by molar-refractivity contribution is 7.99. The number of aromatic nitrogens is 2. The predicted molar refractivity (Wildman–Crippen MR) is 128 cm³/mol. The third-order valence-electron chi connectivity index (χ3n) is 5.54. The second-order valence-electron chi connectivity index (χ2n) is 8.06. The average Bonchev–Trinajstić information content (AvgIpc) is 3.56. The van der Waals surface area contributed by atoms with Gasteiger partial charge in [-0.05, 0) is 43.5 Å². The lowest BCUT2D eigenvalue weighted by Gasteiger charge is -2.14. The third-order valence-corrected chi connectivity index (χ3v) is 6.51. The van der Waals surface area contributed by atoms with Gasteiger partial charge in [0.15, 0.2) is 5.16 Å². The van der Waals surface area contributed by atoms with Crippen LogP contribution in [0.5, 0.6) is 0 Å². The van der Waals surface area contributed by atoms with Crippen LogP contribution in [0.4, 0.5) is 0 Å². The minimum absolute atomic E-state index is 0.0659. The maximum Gasteiger partial charge on any atom is 0.262 e. The molecule has 1 aliphatic heterocycles. The number of thioether (sulfide) groups is 1. The zero-order chi connectivity index (χ0) is 23.8. The lowest BCUT2D eigenvalue weighted by atomic mass is 10.2. The first kappa shape index (κ1) is 24.0. The average molecular weight is 485 g/mol. The van der Waals surface area contributed by atoms with Crippen molar-refractivity contribution in [3.05, 3.63) is 58.8 Å². The van der Waals surface area contributed by atoms with Crippen molar-refractivity contribution in [2.45, 2.75) is 50.0 Å². The second kappa shape index (κ2) is 11.8. The number of amides is 2. The first-order valence-corrected chi connectivity index (χ1v) is 12.4. The van der Waals surface area contributed by atoms with E-state index in [1.54, 1.807) is 41.2 Å². The maximum atomic E-state index is 13.1. The molecule has 180 valence electrons. The van der Waals surface area contributed by atoms with Crippen molar-refractivity contribution in [2.75, 3.05) is 18.9 Å². The number of hydrogen-bond donors (Lipinski definition) is 2. The van der Waals surface area contributed by atoms with Crippen molar-refractivity contribution in [2.24, 2.45) is 0 Å². The molecule has 1 aliphatic rings. The summed E-state index contributed by atoms with van der Waals surface area (Å²) in [4.78, 5) is 42.3. The number of carbonyl (C=O) groups is 2. The topological polar surface area (TPSA) is 115 Å². The molecule has 3 heterocycles. The van der Waals surface area contributed by atoms with Gasteiger partial charge < -0.3 is 19.8 Å². The predicted octanol–water partition coefficient (Wildman–Crippen LogP) is 2.47. The smallest absolute Gasteiger partial charge is 0.262 e. The first-order chi connectivity index (χ1) is 16.6. The summed E-state index contributed by atoms with van der Waals surface area (Å²) in [5.41, 5.74) is 0.403. The monoisotopic (exact) mass is 484 g/mol. The Labute approximate surface area is 201 Å². The maximum absolute atomic E-state index is 13.1. The summed E-state index contributed by atoms with van der Waals surface area (Å²) < 4.78 is 12.3. The molecule has 2 aromatic heterocycles. The van der Waals surface area contributed by atoms with Crippen LogP contribution in [0.2, 0.25) is 0 Å². The number of furan rings is 1. The Morgan fingerprint density at radius 3 is 2.82 bits per heavy atom. The molecule has 0 aliphatic carbocycles. The Bertz CT molecular complexity index is 1170. The molecule has 2 N–H and O–H groups in total. The summed E-state index contributed by atoms with van der Waals surface area (Å²) in [6, 6.07) is 10.7. The van der Waals surface area contributed by atoms with Crippen LogP contribution in [0.3, 0.4) is 0 Å². The summed E-state index contributed by atoms with van der Waals surface area (Å²) in [6.07, 6.45) is 4.41. The summed E-state index contributed by atoms with van der Waals surface area (Å²) in [5, 5.41) is 6.66. The van der Waals surface area contributed by atoms with E-state index in [0.29, 0.717) is 54.3 Å². The van der Waals surface area contributed by atoms with Gasteiger partial charge in [0.1, 0.15) is 5.76 Å². The minimum Gasteiger partial charge on any atom is -0.467 e. The van der Waals surface area contributed by atoms with E-state index in [-0.39, 0.29) is 29.2 Å². The molecule has 1 atom stereocenters. The van der Waals surface area contributed by atoms with E-state index in [1.807, 2.05) is 6.07 Å². The van der Waals surface area contributed by atoms with Crippen molar-refractivity contribution in [1.82, 2.24) is 20.2 Å². The van der Waals surface area contributed by atoms with Gasteiger partial charge in [-0.25, -0.2) is 4.98 Å². The summed E-state index contributed by atoms with van der Waals surface area (Å²) >= 11 is 1.20.